The minimum Gasteiger partial charge on any atom is -0.508 e. The van der Waals surface area contributed by atoms with Crippen LogP contribution in [0, 0.1) is 0 Å². The van der Waals surface area contributed by atoms with E-state index in [1.54, 1.807) is 19.2 Å². The molecule has 20 heavy (non-hydrogen) atoms. The lowest BCUT2D eigenvalue weighted by molar-refractivity contribution is 0.414. The number of hydrogen-bond acceptors (Lipinski definition) is 3. The Kier molecular flexibility index (Phi) is 5.02. The third kappa shape index (κ3) is 4.00. The van der Waals surface area contributed by atoms with Gasteiger partial charge in [0.25, 0.3) is 0 Å². The molecule has 3 heteroatoms. The molecule has 0 saturated heterocycles. The van der Waals surface area contributed by atoms with Gasteiger partial charge in [0.1, 0.15) is 11.5 Å². The first-order valence-electron chi connectivity index (χ1n) is 6.84. The molecule has 1 unspecified atom stereocenters. The molecule has 1 atom stereocenters. The molecule has 0 bridgehead atoms. The third-order valence-corrected chi connectivity index (χ3v) is 3.42. The largest absolute Gasteiger partial charge is 0.508 e. The third-order valence-electron chi connectivity index (χ3n) is 3.42. The van der Waals surface area contributed by atoms with Crippen molar-refractivity contribution in [1.82, 2.24) is 5.32 Å². The normalized spacial score (nSPS) is 12.1. The molecular weight excluding hydrogens is 250 g/mol. The van der Waals surface area contributed by atoms with Gasteiger partial charge < -0.3 is 15.2 Å². The predicted molar refractivity (Wildman–Crippen MR) is 81.2 cm³/mol. The fourth-order valence-corrected chi connectivity index (χ4v) is 2.11. The number of hydrogen-bond donors (Lipinski definition) is 2. The van der Waals surface area contributed by atoms with Crippen molar-refractivity contribution in [1.29, 1.82) is 0 Å². The van der Waals surface area contributed by atoms with Crippen LogP contribution in [-0.4, -0.2) is 18.8 Å². The molecule has 0 amide bonds. The molecule has 0 heterocycles. The monoisotopic (exact) mass is 271 g/mol. The van der Waals surface area contributed by atoms with Crippen molar-refractivity contribution in [3.63, 3.8) is 0 Å². The maximum atomic E-state index is 9.24. The lowest BCUT2D eigenvalue weighted by atomic mass is 10.1. The zero-order valence-corrected chi connectivity index (χ0v) is 12.0. The average molecular weight is 271 g/mol. The van der Waals surface area contributed by atoms with E-state index in [4.69, 9.17) is 4.74 Å². The highest BCUT2D eigenvalue weighted by atomic mass is 16.5. The van der Waals surface area contributed by atoms with Crippen LogP contribution in [-0.2, 0) is 6.42 Å². The SMILES string of the molecule is COc1ccc(C(C)NCCc2ccc(O)cc2)cc1. The number of benzene rings is 2. The first-order chi connectivity index (χ1) is 9.69. The van der Waals surface area contributed by atoms with Crippen molar-refractivity contribution >= 4 is 0 Å². The van der Waals surface area contributed by atoms with Crippen LogP contribution in [0.15, 0.2) is 48.5 Å². The summed E-state index contributed by atoms with van der Waals surface area (Å²) in [6, 6.07) is 15.8. The van der Waals surface area contributed by atoms with E-state index in [1.165, 1.54) is 11.1 Å². The quantitative estimate of drug-likeness (QED) is 0.847. The molecule has 0 aliphatic heterocycles. The topological polar surface area (TPSA) is 41.5 Å². The summed E-state index contributed by atoms with van der Waals surface area (Å²) in [6.45, 7) is 3.05. The van der Waals surface area contributed by atoms with E-state index >= 15 is 0 Å². The Labute approximate surface area is 120 Å². The number of nitrogens with one attached hydrogen (secondary N) is 1. The average Bonchev–Trinajstić information content (AvgIpc) is 2.49. The van der Waals surface area contributed by atoms with E-state index in [0.717, 1.165) is 18.7 Å². The van der Waals surface area contributed by atoms with Crippen LogP contribution < -0.4 is 10.1 Å². The van der Waals surface area contributed by atoms with Crippen LogP contribution >= 0.6 is 0 Å². The van der Waals surface area contributed by atoms with Crippen LogP contribution in [0.4, 0.5) is 0 Å². The number of rotatable bonds is 6. The second-order valence-corrected chi connectivity index (χ2v) is 4.87. The van der Waals surface area contributed by atoms with Crippen molar-refractivity contribution in [2.24, 2.45) is 0 Å². The van der Waals surface area contributed by atoms with Gasteiger partial charge in [0.05, 0.1) is 7.11 Å². The molecule has 106 valence electrons. The van der Waals surface area contributed by atoms with E-state index in [9.17, 15) is 5.11 Å². The molecule has 3 nitrogen and oxygen atoms in total. The summed E-state index contributed by atoms with van der Waals surface area (Å²) in [5.41, 5.74) is 2.47. The number of ether oxygens (including phenoxy) is 1. The predicted octanol–water partition coefficient (Wildman–Crippen LogP) is 3.29. The first-order valence-corrected chi connectivity index (χ1v) is 6.84. The van der Waals surface area contributed by atoms with Gasteiger partial charge >= 0.3 is 0 Å². The van der Waals surface area contributed by atoms with Crippen molar-refractivity contribution in [3.8, 4) is 11.5 Å². The van der Waals surface area contributed by atoms with Gasteiger partial charge in [-0.1, -0.05) is 24.3 Å². The molecule has 0 radical (unpaired) electrons. The molecular formula is C17H21NO2. The molecule has 0 saturated carbocycles. The number of phenolic OH excluding ortho intramolecular Hbond substituents is 1. The summed E-state index contributed by atoms with van der Waals surface area (Å²) in [5.74, 6) is 1.19. The number of aromatic hydroxyl groups is 1. The van der Waals surface area contributed by atoms with Crippen molar-refractivity contribution < 1.29 is 9.84 Å². The smallest absolute Gasteiger partial charge is 0.118 e. The minimum atomic E-state index is 0.304. The van der Waals surface area contributed by atoms with Crippen molar-refractivity contribution in [3.05, 3.63) is 59.7 Å². The second-order valence-electron chi connectivity index (χ2n) is 4.87. The summed E-state index contributed by atoms with van der Waals surface area (Å²) in [6.07, 6.45) is 0.945. The van der Waals surface area contributed by atoms with E-state index in [2.05, 4.69) is 24.4 Å². The van der Waals surface area contributed by atoms with Gasteiger partial charge in [0.15, 0.2) is 0 Å². The Morgan fingerprint density at radius 2 is 1.70 bits per heavy atom. The zero-order chi connectivity index (χ0) is 14.4. The first kappa shape index (κ1) is 14.4. The van der Waals surface area contributed by atoms with Crippen LogP contribution in [0.25, 0.3) is 0 Å². The molecule has 0 aliphatic carbocycles. The molecule has 0 aliphatic rings. The number of methoxy groups -OCH3 is 1. The highest BCUT2D eigenvalue weighted by Crippen LogP contribution is 2.17. The maximum Gasteiger partial charge on any atom is 0.118 e. The van der Waals surface area contributed by atoms with E-state index in [1.807, 2.05) is 24.3 Å². The van der Waals surface area contributed by atoms with Gasteiger partial charge in [-0.05, 0) is 55.3 Å². The van der Waals surface area contributed by atoms with Gasteiger partial charge in [0.2, 0.25) is 0 Å². The van der Waals surface area contributed by atoms with E-state index < -0.39 is 0 Å². The van der Waals surface area contributed by atoms with Crippen LogP contribution in [0.3, 0.4) is 0 Å². The maximum absolute atomic E-state index is 9.24. The Balaban J connectivity index is 1.82. The minimum absolute atomic E-state index is 0.304. The summed E-state index contributed by atoms with van der Waals surface area (Å²) in [5, 5.41) is 12.7. The molecule has 2 aromatic rings. The summed E-state index contributed by atoms with van der Waals surface area (Å²) in [7, 11) is 1.67. The van der Waals surface area contributed by atoms with Crippen molar-refractivity contribution in [2.75, 3.05) is 13.7 Å². The highest BCUT2D eigenvalue weighted by Gasteiger charge is 2.04. The molecule has 0 aromatic heterocycles. The Morgan fingerprint density at radius 1 is 1.05 bits per heavy atom. The fourth-order valence-electron chi connectivity index (χ4n) is 2.11. The molecule has 2 aromatic carbocycles. The Bertz CT molecular complexity index is 520. The van der Waals surface area contributed by atoms with Gasteiger partial charge in [0, 0.05) is 6.04 Å². The molecule has 2 rings (SSSR count). The standard InChI is InChI=1S/C17H21NO2/c1-13(15-5-9-17(20-2)10-6-15)18-12-11-14-3-7-16(19)8-4-14/h3-10,13,18-19H,11-12H2,1-2H3. The van der Waals surface area contributed by atoms with Crippen molar-refractivity contribution in [2.45, 2.75) is 19.4 Å². The molecule has 0 fully saturated rings. The zero-order valence-electron chi connectivity index (χ0n) is 12.0. The lowest BCUT2D eigenvalue weighted by Gasteiger charge is -2.14. The van der Waals surface area contributed by atoms with Crippen LogP contribution in [0.2, 0.25) is 0 Å². The number of phenols is 1. The van der Waals surface area contributed by atoms with Gasteiger partial charge in [-0.3, -0.25) is 0 Å². The van der Waals surface area contributed by atoms with Gasteiger partial charge in [-0.15, -0.1) is 0 Å². The fraction of sp³-hybridized carbons (Fsp3) is 0.294. The van der Waals surface area contributed by atoms with Crippen LogP contribution in [0.1, 0.15) is 24.1 Å². The summed E-state index contributed by atoms with van der Waals surface area (Å²) in [4.78, 5) is 0. The molecule has 0 spiro atoms. The Hall–Kier alpha value is -2.00. The van der Waals surface area contributed by atoms with E-state index in [-0.39, 0.29) is 0 Å². The Morgan fingerprint density at radius 3 is 2.30 bits per heavy atom. The van der Waals surface area contributed by atoms with Gasteiger partial charge in [-0.2, -0.15) is 0 Å². The lowest BCUT2D eigenvalue weighted by Crippen LogP contribution is -2.21. The summed E-state index contributed by atoms with van der Waals surface area (Å²) >= 11 is 0. The van der Waals surface area contributed by atoms with Gasteiger partial charge in [-0.25, -0.2) is 0 Å². The van der Waals surface area contributed by atoms with Crippen LogP contribution in [0.5, 0.6) is 11.5 Å². The molecule has 2 N–H and O–H groups in total. The van der Waals surface area contributed by atoms with E-state index in [0.29, 0.717) is 11.8 Å². The highest BCUT2D eigenvalue weighted by molar-refractivity contribution is 5.29. The summed E-state index contributed by atoms with van der Waals surface area (Å²) < 4.78 is 5.16. The second kappa shape index (κ2) is 6.96.